The van der Waals surface area contributed by atoms with Crippen LogP contribution in [0.1, 0.15) is 18.5 Å². The summed E-state index contributed by atoms with van der Waals surface area (Å²) in [5, 5.41) is 6.67. The average Bonchev–Trinajstić information content (AvgIpc) is 2.47. The summed E-state index contributed by atoms with van der Waals surface area (Å²) >= 11 is 0. The zero-order valence-corrected chi connectivity index (χ0v) is 6.86. The molecule has 2 rings (SSSR count). The number of aromatic amines is 1. The third-order valence-electron chi connectivity index (χ3n) is 2.16. The highest BCUT2D eigenvalue weighted by Crippen LogP contribution is 2.21. The maximum Gasteiger partial charge on any atom is 0.0885 e. The number of aromatic nitrogens is 2. The van der Waals surface area contributed by atoms with Gasteiger partial charge >= 0.3 is 0 Å². The lowest BCUT2D eigenvalue weighted by atomic mass is 9.90. The van der Waals surface area contributed by atoms with Gasteiger partial charge in [-0.3, -0.25) is 5.10 Å². The molecule has 3 N–H and O–H groups in total. The second-order valence-electron chi connectivity index (χ2n) is 3.25. The fourth-order valence-corrected chi connectivity index (χ4v) is 1.32. The van der Waals surface area contributed by atoms with Crippen LogP contribution in [0, 0.1) is 0 Å². The van der Waals surface area contributed by atoms with E-state index in [4.69, 9.17) is 10.5 Å². The lowest BCUT2D eigenvalue weighted by Gasteiger charge is -2.31. The molecule has 1 saturated carbocycles. The molecule has 0 atom stereocenters. The lowest BCUT2D eigenvalue weighted by Crippen LogP contribution is -2.41. The SMILES string of the molecule is NC1CC(OCc2ccn[nH]2)C1. The van der Waals surface area contributed by atoms with Crippen LogP contribution in [0.25, 0.3) is 0 Å². The lowest BCUT2D eigenvalue weighted by molar-refractivity contribution is -0.0201. The molecule has 1 aromatic heterocycles. The third kappa shape index (κ3) is 1.65. The molecule has 1 heterocycles. The number of ether oxygens (including phenoxy) is 1. The first kappa shape index (κ1) is 7.76. The molecule has 0 aromatic carbocycles. The fraction of sp³-hybridized carbons (Fsp3) is 0.625. The molecule has 0 aliphatic heterocycles. The second-order valence-corrected chi connectivity index (χ2v) is 3.25. The van der Waals surface area contributed by atoms with E-state index in [1.54, 1.807) is 6.20 Å². The molecule has 4 nitrogen and oxygen atoms in total. The minimum Gasteiger partial charge on any atom is -0.372 e. The summed E-state index contributed by atoms with van der Waals surface area (Å²) in [6.45, 7) is 0.622. The second kappa shape index (κ2) is 3.25. The number of nitrogens with zero attached hydrogens (tertiary/aromatic N) is 1. The Balaban J connectivity index is 1.70. The fourth-order valence-electron chi connectivity index (χ4n) is 1.32. The van der Waals surface area contributed by atoms with Gasteiger partial charge in [0.05, 0.1) is 18.4 Å². The predicted molar refractivity (Wildman–Crippen MR) is 44.4 cm³/mol. The summed E-state index contributed by atoms with van der Waals surface area (Å²) in [5.41, 5.74) is 6.64. The van der Waals surface area contributed by atoms with Crippen LogP contribution in [0.5, 0.6) is 0 Å². The van der Waals surface area contributed by atoms with Crippen molar-refractivity contribution in [1.29, 1.82) is 0 Å². The molecule has 1 aliphatic rings. The molecular formula is C8H13N3O. The molecule has 0 amide bonds. The quantitative estimate of drug-likeness (QED) is 0.685. The first-order valence-electron chi connectivity index (χ1n) is 4.20. The number of H-pyrrole nitrogens is 1. The molecule has 0 bridgehead atoms. The Morgan fingerprint density at radius 2 is 2.50 bits per heavy atom. The maximum atomic E-state index is 5.62. The summed E-state index contributed by atoms with van der Waals surface area (Å²) in [6, 6.07) is 2.27. The van der Waals surface area contributed by atoms with Gasteiger partial charge in [0.2, 0.25) is 0 Å². The Bertz CT molecular complexity index is 228. The molecule has 0 saturated heterocycles. The van der Waals surface area contributed by atoms with Crippen molar-refractivity contribution in [2.45, 2.75) is 31.6 Å². The van der Waals surface area contributed by atoms with E-state index in [-0.39, 0.29) is 0 Å². The summed E-state index contributed by atoms with van der Waals surface area (Å²) in [6.07, 6.45) is 4.08. The Morgan fingerprint density at radius 1 is 1.67 bits per heavy atom. The van der Waals surface area contributed by atoms with Gasteiger partial charge in [-0.05, 0) is 18.9 Å². The molecule has 0 radical (unpaired) electrons. The Labute approximate surface area is 71.1 Å². The minimum absolute atomic E-state index is 0.358. The van der Waals surface area contributed by atoms with E-state index >= 15 is 0 Å². The molecule has 1 fully saturated rings. The van der Waals surface area contributed by atoms with E-state index in [1.807, 2.05) is 6.07 Å². The third-order valence-corrected chi connectivity index (χ3v) is 2.16. The Hall–Kier alpha value is -0.870. The number of hydrogen-bond donors (Lipinski definition) is 2. The van der Waals surface area contributed by atoms with Gasteiger partial charge < -0.3 is 10.5 Å². The zero-order chi connectivity index (χ0) is 8.39. The largest absolute Gasteiger partial charge is 0.372 e. The average molecular weight is 167 g/mol. The van der Waals surface area contributed by atoms with E-state index in [2.05, 4.69) is 10.2 Å². The molecule has 1 aromatic rings. The van der Waals surface area contributed by atoms with Crippen LogP contribution in [0.3, 0.4) is 0 Å². The van der Waals surface area contributed by atoms with Gasteiger partial charge in [-0.15, -0.1) is 0 Å². The topological polar surface area (TPSA) is 63.9 Å². The smallest absolute Gasteiger partial charge is 0.0885 e. The highest BCUT2D eigenvalue weighted by Gasteiger charge is 2.26. The van der Waals surface area contributed by atoms with Crippen molar-refractivity contribution in [2.24, 2.45) is 5.73 Å². The normalized spacial score (nSPS) is 28.4. The Kier molecular flexibility index (Phi) is 2.10. The number of nitrogens with two attached hydrogens (primary N) is 1. The van der Waals surface area contributed by atoms with Gasteiger partial charge in [0.15, 0.2) is 0 Å². The van der Waals surface area contributed by atoms with Gasteiger partial charge in [0.25, 0.3) is 0 Å². The zero-order valence-electron chi connectivity index (χ0n) is 6.86. The number of rotatable bonds is 3. The van der Waals surface area contributed by atoms with Crippen molar-refractivity contribution in [3.05, 3.63) is 18.0 Å². The molecule has 0 spiro atoms. The van der Waals surface area contributed by atoms with Crippen LogP contribution in [0.4, 0.5) is 0 Å². The van der Waals surface area contributed by atoms with Crippen LogP contribution in [-0.4, -0.2) is 22.3 Å². The van der Waals surface area contributed by atoms with Gasteiger partial charge in [0, 0.05) is 12.2 Å². The van der Waals surface area contributed by atoms with E-state index in [0.717, 1.165) is 18.5 Å². The van der Waals surface area contributed by atoms with E-state index in [9.17, 15) is 0 Å². The van der Waals surface area contributed by atoms with Crippen LogP contribution in [0.15, 0.2) is 12.3 Å². The van der Waals surface area contributed by atoms with Crippen LogP contribution >= 0.6 is 0 Å². The summed E-state index contributed by atoms with van der Waals surface area (Å²) < 4.78 is 5.54. The van der Waals surface area contributed by atoms with Gasteiger partial charge in [-0.1, -0.05) is 0 Å². The minimum atomic E-state index is 0.358. The van der Waals surface area contributed by atoms with Crippen molar-refractivity contribution in [1.82, 2.24) is 10.2 Å². The highest BCUT2D eigenvalue weighted by atomic mass is 16.5. The van der Waals surface area contributed by atoms with Crippen LogP contribution < -0.4 is 5.73 Å². The van der Waals surface area contributed by atoms with Crippen LogP contribution in [-0.2, 0) is 11.3 Å². The molecule has 1 aliphatic carbocycles. The molecular weight excluding hydrogens is 154 g/mol. The van der Waals surface area contributed by atoms with Gasteiger partial charge in [-0.2, -0.15) is 5.10 Å². The van der Waals surface area contributed by atoms with Crippen LogP contribution in [0.2, 0.25) is 0 Å². The van der Waals surface area contributed by atoms with Crippen molar-refractivity contribution in [3.63, 3.8) is 0 Å². The first-order valence-corrected chi connectivity index (χ1v) is 4.20. The summed E-state index contributed by atoms with van der Waals surface area (Å²) in [5.74, 6) is 0. The van der Waals surface area contributed by atoms with Crippen molar-refractivity contribution >= 4 is 0 Å². The summed E-state index contributed by atoms with van der Waals surface area (Å²) in [4.78, 5) is 0. The van der Waals surface area contributed by atoms with E-state index in [0.29, 0.717) is 18.8 Å². The molecule has 12 heavy (non-hydrogen) atoms. The van der Waals surface area contributed by atoms with Gasteiger partial charge in [0.1, 0.15) is 0 Å². The van der Waals surface area contributed by atoms with Gasteiger partial charge in [-0.25, -0.2) is 0 Å². The maximum absolute atomic E-state index is 5.62. The van der Waals surface area contributed by atoms with Crippen molar-refractivity contribution < 1.29 is 4.74 Å². The first-order chi connectivity index (χ1) is 5.84. The molecule has 66 valence electrons. The van der Waals surface area contributed by atoms with Crippen molar-refractivity contribution in [3.8, 4) is 0 Å². The van der Waals surface area contributed by atoms with E-state index < -0.39 is 0 Å². The summed E-state index contributed by atoms with van der Waals surface area (Å²) in [7, 11) is 0. The predicted octanol–water partition coefficient (Wildman–Crippen LogP) is 0.416. The Morgan fingerprint density at radius 3 is 3.08 bits per heavy atom. The molecule has 0 unspecified atom stereocenters. The van der Waals surface area contributed by atoms with Crippen molar-refractivity contribution in [2.75, 3.05) is 0 Å². The standard InChI is InChI=1S/C8H13N3O/c9-6-3-8(4-6)12-5-7-1-2-10-11-7/h1-2,6,8H,3-5,9H2,(H,10,11). The highest BCUT2D eigenvalue weighted by molar-refractivity contribution is 4.95. The van der Waals surface area contributed by atoms with E-state index in [1.165, 1.54) is 0 Å². The molecule has 4 heteroatoms. The monoisotopic (exact) mass is 167 g/mol. The number of hydrogen-bond acceptors (Lipinski definition) is 3. The number of nitrogens with one attached hydrogen (secondary N) is 1.